The van der Waals surface area contributed by atoms with E-state index in [2.05, 4.69) is 0 Å². The molecule has 0 aliphatic heterocycles. The van der Waals surface area contributed by atoms with E-state index in [4.69, 9.17) is 5.73 Å². The molecule has 0 aromatic heterocycles. The molecule has 1 amide bonds. The first-order chi connectivity index (χ1) is 7.56. The standard InChI is InChI=1S/C12H20N2O2/c1-14(7-8-4-11(15)5-8)12(16)9-2-3-10(13)6-9/h2-3,8-11,15H,4-7,13H2,1H3. The second kappa shape index (κ2) is 4.55. The van der Waals surface area contributed by atoms with E-state index in [0.29, 0.717) is 5.92 Å². The summed E-state index contributed by atoms with van der Waals surface area (Å²) in [6, 6.07) is 0.0351. The minimum atomic E-state index is -0.145. The maximum Gasteiger partial charge on any atom is 0.229 e. The lowest BCUT2D eigenvalue weighted by molar-refractivity contribution is -0.134. The number of carbonyl (C=O) groups is 1. The van der Waals surface area contributed by atoms with Crippen LogP contribution in [0.15, 0.2) is 12.2 Å². The van der Waals surface area contributed by atoms with Gasteiger partial charge >= 0.3 is 0 Å². The molecule has 90 valence electrons. The normalized spacial score (nSPS) is 37.2. The summed E-state index contributed by atoms with van der Waals surface area (Å²) in [7, 11) is 1.84. The smallest absolute Gasteiger partial charge is 0.229 e. The summed E-state index contributed by atoms with van der Waals surface area (Å²) >= 11 is 0. The Morgan fingerprint density at radius 3 is 2.62 bits per heavy atom. The van der Waals surface area contributed by atoms with Gasteiger partial charge in [0.1, 0.15) is 0 Å². The van der Waals surface area contributed by atoms with E-state index < -0.39 is 0 Å². The first kappa shape index (κ1) is 11.6. The second-order valence-corrected chi connectivity index (χ2v) is 5.10. The highest BCUT2D eigenvalue weighted by Gasteiger charge is 2.31. The fraction of sp³-hybridized carbons (Fsp3) is 0.750. The zero-order valence-corrected chi connectivity index (χ0v) is 9.67. The van der Waals surface area contributed by atoms with Gasteiger partial charge in [-0.3, -0.25) is 4.79 Å². The summed E-state index contributed by atoms with van der Waals surface area (Å²) < 4.78 is 0. The van der Waals surface area contributed by atoms with Crippen molar-refractivity contribution < 1.29 is 9.90 Å². The van der Waals surface area contributed by atoms with Crippen molar-refractivity contribution in [2.75, 3.05) is 13.6 Å². The molecule has 2 aliphatic rings. The van der Waals surface area contributed by atoms with Gasteiger partial charge in [-0.05, 0) is 25.2 Å². The molecule has 4 heteroatoms. The molecule has 0 aromatic rings. The number of aliphatic hydroxyl groups is 1. The number of nitrogens with two attached hydrogens (primary N) is 1. The minimum Gasteiger partial charge on any atom is -0.393 e. The first-order valence-electron chi connectivity index (χ1n) is 5.93. The van der Waals surface area contributed by atoms with Crippen LogP contribution in [0.3, 0.4) is 0 Å². The highest BCUT2D eigenvalue weighted by molar-refractivity contribution is 5.81. The lowest BCUT2D eigenvalue weighted by Crippen LogP contribution is -2.41. The third-order valence-corrected chi connectivity index (χ3v) is 3.55. The van der Waals surface area contributed by atoms with Gasteiger partial charge < -0.3 is 15.7 Å². The molecule has 3 N–H and O–H groups in total. The number of hydrogen-bond acceptors (Lipinski definition) is 3. The predicted molar refractivity (Wildman–Crippen MR) is 61.6 cm³/mol. The quantitative estimate of drug-likeness (QED) is 0.669. The fourth-order valence-corrected chi connectivity index (χ4v) is 2.52. The molecule has 0 saturated heterocycles. The zero-order valence-electron chi connectivity index (χ0n) is 9.67. The molecule has 1 fully saturated rings. The van der Waals surface area contributed by atoms with Gasteiger partial charge in [0.15, 0.2) is 0 Å². The van der Waals surface area contributed by atoms with E-state index in [-0.39, 0.29) is 24.0 Å². The van der Waals surface area contributed by atoms with Gasteiger partial charge in [0, 0.05) is 19.6 Å². The third kappa shape index (κ3) is 2.44. The molecule has 0 spiro atoms. The highest BCUT2D eigenvalue weighted by atomic mass is 16.3. The van der Waals surface area contributed by atoms with Crippen molar-refractivity contribution in [2.24, 2.45) is 17.6 Å². The van der Waals surface area contributed by atoms with Gasteiger partial charge in [-0.15, -0.1) is 0 Å². The SMILES string of the molecule is CN(CC1CC(O)C1)C(=O)C1C=CC(N)C1. The van der Waals surface area contributed by atoms with Crippen molar-refractivity contribution in [3.05, 3.63) is 12.2 Å². The molecule has 0 bridgehead atoms. The molecule has 0 radical (unpaired) electrons. The Balaban J connectivity index is 1.78. The first-order valence-corrected chi connectivity index (χ1v) is 5.93. The van der Waals surface area contributed by atoms with E-state index >= 15 is 0 Å². The van der Waals surface area contributed by atoms with Gasteiger partial charge in [-0.2, -0.15) is 0 Å². The summed E-state index contributed by atoms with van der Waals surface area (Å²) in [5.41, 5.74) is 5.73. The average molecular weight is 224 g/mol. The molecule has 2 rings (SSSR count). The van der Waals surface area contributed by atoms with Gasteiger partial charge in [-0.25, -0.2) is 0 Å². The van der Waals surface area contributed by atoms with E-state index in [9.17, 15) is 9.90 Å². The second-order valence-electron chi connectivity index (χ2n) is 5.10. The highest BCUT2D eigenvalue weighted by Crippen LogP contribution is 2.28. The van der Waals surface area contributed by atoms with E-state index in [1.807, 2.05) is 19.2 Å². The van der Waals surface area contributed by atoms with E-state index in [1.54, 1.807) is 4.90 Å². The van der Waals surface area contributed by atoms with Gasteiger partial charge in [-0.1, -0.05) is 12.2 Å². The lowest BCUT2D eigenvalue weighted by Gasteiger charge is -2.35. The molecule has 4 nitrogen and oxygen atoms in total. The van der Waals surface area contributed by atoms with Crippen LogP contribution in [0.2, 0.25) is 0 Å². The topological polar surface area (TPSA) is 66.6 Å². The van der Waals surface area contributed by atoms with Crippen LogP contribution < -0.4 is 5.73 Å². The molecule has 2 atom stereocenters. The fourth-order valence-electron chi connectivity index (χ4n) is 2.52. The number of rotatable bonds is 3. The van der Waals surface area contributed by atoms with Crippen LogP contribution in [0.25, 0.3) is 0 Å². The van der Waals surface area contributed by atoms with Crippen LogP contribution in [-0.4, -0.2) is 41.7 Å². The molecule has 0 heterocycles. The Hall–Kier alpha value is -0.870. The predicted octanol–water partition coefficient (Wildman–Crippen LogP) is 0.119. The monoisotopic (exact) mass is 224 g/mol. The summed E-state index contributed by atoms with van der Waals surface area (Å²) in [6.07, 6.45) is 6.07. The molecular formula is C12H20N2O2. The Labute approximate surface area is 96.1 Å². The summed E-state index contributed by atoms with van der Waals surface area (Å²) in [5, 5.41) is 9.18. The van der Waals surface area contributed by atoms with Crippen LogP contribution >= 0.6 is 0 Å². The Bertz CT molecular complexity index is 297. The number of hydrogen-bond donors (Lipinski definition) is 2. The van der Waals surface area contributed by atoms with E-state index in [0.717, 1.165) is 25.8 Å². The minimum absolute atomic E-state index is 0.0351. The number of aliphatic hydroxyl groups excluding tert-OH is 1. The third-order valence-electron chi connectivity index (χ3n) is 3.55. The van der Waals surface area contributed by atoms with Crippen LogP contribution in [0.4, 0.5) is 0 Å². The molecule has 0 aromatic carbocycles. The van der Waals surface area contributed by atoms with Gasteiger partial charge in [0.05, 0.1) is 12.0 Å². The van der Waals surface area contributed by atoms with Crippen molar-refractivity contribution in [1.82, 2.24) is 4.90 Å². The maximum atomic E-state index is 12.0. The molecule has 2 unspecified atom stereocenters. The van der Waals surface area contributed by atoms with Gasteiger partial charge in [0.25, 0.3) is 0 Å². The van der Waals surface area contributed by atoms with Crippen molar-refractivity contribution in [1.29, 1.82) is 0 Å². The summed E-state index contributed by atoms with van der Waals surface area (Å²) in [4.78, 5) is 13.8. The maximum absolute atomic E-state index is 12.0. The Morgan fingerprint density at radius 1 is 1.44 bits per heavy atom. The van der Waals surface area contributed by atoms with Crippen molar-refractivity contribution >= 4 is 5.91 Å². The van der Waals surface area contributed by atoms with Crippen molar-refractivity contribution in [2.45, 2.75) is 31.4 Å². The number of amides is 1. The number of carbonyl (C=O) groups excluding carboxylic acids is 1. The average Bonchev–Trinajstić information content (AvgIpc) is 2.61. The van der Waals surface area contributed by atoms with Crippen LogP contribution in [-0.2, 0) is 4.79 Å². The van der Waals surface area contributed by atoms with E-state index in [1.165, 1.54) is 0 Å². The zero-order chi connectivity index (χ0) is 11.7. The largest absolute Gasteiger partial charge is 0.393 e. The molecule has 16 heavy (non-hydrogen) atoms. The number of nitrogens with zero attached hydrogens (tertiary/aromatic N) is 1. The van der Waals surface area contributed by atoms with Crippen LogP contribution in [0.5, 0.6) is 0 Å². The Kier molecular flexibility index (Phi) is 3.30. The van der Waals surface area contributed by atoms with Gasteiger partial charge in [0.2, 0.25) is 5.91 Å². The summed E-state index contributed by atoms with van der Waals surface area (Å²) in [5.74, 6) is 0.596. The summed E-state index contributed by atoms with van der Waals surface area (Å²) in [6.45, 7) is 0.759. The van der Waals surface area contributed by atoms with Crippen LogP contribution in [0.1, 0.15) is 19.3 Å². The lowest BCUT2D eigenvalue weighted by atomic mass is 9.82. The van der Waals surface area contributed by atoms with Crippen molar-refractivity contribution in [3.8, 4) is 0 Å². The van der Waals surface area contributed by atoms with Crippen LogP contribution in [0, 0.1) is 11.8 Å². The van der Waals surface area contributed by atoms with Crippen molar-refractivity contribution in [3.63, 3.8) is 0 Å². The molecule has 2 aliphatic carbocycles. The molecule has 1 saturated carbocycles. The Morgan fingerprint density at radius 2 is 2.12 bits per heavy atom. The molecular weight excluding hydrogens is 204 g/mol.